The van der Waals surface area contributed by atoms with Gasteiger partial charge in [-0.05, 0) is 12.0 Å². The number of rotatable bonds is 1. The highest BCUT2D eigenvalue weighted by atomic mass is 35.5. The smallest absolute Gasteiger partial charge is 0.307 e. The molecule has 0 aromatic rings. The molecular formula is C7H5ClN2O3. The second kappa shape index (κ2) is 2.56. The van der Waals surface area contributed by atoms with E-state index in [9.17, 15) is 14.9 Å². The van der Waals surface area contributed by atoms with Gasteiger partial charge in [-0.1, -0.05) is 11.6 Å². The van der Waals surface area contributed by atoms with Crippen molar-refractivity contribution in [2.24, 2.45) is 5.92 Å². The van der Waals surface area contributed by atoms with Gasteiger partial charge in [-0.3, -0.25) is 14.9 Å². The summed E-state index contributed by atoms with van der Waals surface area (Å²) in [5.74, 6) is -0.762. The van der Waals surface area contributed by atoms with Crippen LogP contribution in [0.2, 0.25) is 0 Å². The van der Waals surface area contributed by atoms with Crippen LogP contribution < -0.4 is 5.32 Å². The van der Waals surface area contributed by atoms with E-state index in [-0.39, 0.29) is 11.1 Å². The van der Waals surface area contributed by atoms with E-state index in [1.165, 1.54) is 6.08 Å². The molecule has 13 heavy (non-hydrogen) atoms. The van der Waals surface area contributed by atoms with Gasteiger partial charge in [-0.25, -0.2) is 0 Å². The molecule has 0 saturated heterocycles. The summed E-state index contributed by atoms with van der Waals surface area (Å²) in [6.45, 7) is 0. The van der Waals surface area contributed by atoms with Crippen LogP contribution in [-0.4, -0.2) is 10.8 Å². The second-order valence-corrected chi connectivity index (χ2v) is 3.29. The molecule has 0 aromatic carbocycles. The quantitative estimate of drug-likeness (QED) is 0.386. The van der Waals surface area contributed by atoms with Gasteiger partial charge in [0.25, 0.3) is 0 Å². The summed E-state index contributed by atoms with van der Waals surface area (Å²) in [4.78, 5) is 20.8. The minimum absolute atomic E-state index is 0.0214. The molecule has 0 radical (unpaired) electrons. The fraction of sp³-hybridized carbons (Fsp3) is 0.286. The number of hydrogen-bond acceptors (Lipinski definition) is 3. The minimum Gasteiger partial charge on any atom is -0.307 e. The maximum Gasteiger partial charge on any atom is 0.330 e. The van der Waals surface area contributed by atoms with Crippen LogP contribution in [0.15, 0.2) is 22.5 Å². The van der Waals surface area contributed by atoms with Crippen LogP contribution in [-0.2, 0) is 4.79 Å². The monoisotopic (exact) mass is 200 g/mol. The number of amides is 1. The molecule has 1 saturated carbocycles. The fourth-order valence-electron chi connectivity index (χ4n) is 1.24. The van der Waals surface area contributed by atoms with Crippen molar-refractivity contribution in [2.75, 3.05) is 0 Å². The molecule has 1 heterocycles. The molecule has 0 spiro atoms. The predicted octanol–water partition coefficient (Wildman–Crippen LogP) is 0.747. The number of allylic oxidation sites excluding steroid dienone is 2. The third kappa shape index (κ3) is 1.31. The Labute approximate surface area is 78.2 Å². The standard InChI is InChI=1S/C7H5ClN2O3/c8-6-4-1-3(4)2-5(10(12)13)7(11)9-6/h2-3H,1H2,(H,9,11). The molecule has 1 fully saturated rings. The summed E-state index contributed by atoms with van der Waals surface area (Å²) in [5, 5.41) is 12.9. The zero-order chi connectivity index (χ0) is 9.59. The lowest BCUT2D eigenvalue weighted by Crippen LogP contribution is -2.25. The average Bonchev–Trinajstić information content (AvgIpc) is 2.76. The Hall–Kier alpha value is -1.36. The topological polar surface area (TPSA) is 72.2 Å². The summed E-state index contributed by atoms with van der Waals surface area (Å²) in [6.07, 6.45) is 2.05. The molecular weight excluding hydrogens is 196 g/mol. The van der Waals surface area contributed by atoms with Gasteiger partial charge < -0.3 is 5.32 Å². The molecule has 6 heteroatoms. The molecule has 68 valence electrons. The summed E-state index contributed by atoms with van der Waals surface area (Å²) < 4.78 is 0. The van der Waals surface area contributed by atoms with E-state index in [1.54, 1.807) is 0 Å². The fourth-order valence-corrected chi connectivity index (χ4v) is 1.55. The Morgan fingerprint density at radius 3 is 3.00 bits per heavy atom. The lowest BCUT2D eigenvalue weighted by molar-refractivity contribution is -0.419. The highest BCUT2D eigenvalue weighted by Crippen LogP contribution is 2.43. The number of nitro groups is 1. The summed E-state index contributed by atoms with van der Waals surface area (Å²) in [5.41, 5.74) is 0.447. The number of halogens is 1. The Balaban J connectivity index is 2.35. The third-order valence-electron chi connectivity index (χ3n) is 2.02. The van der Waals surface area contributed by atoms with Gasteiger partial charge in [-0.15, -0.1) is 0 Å². The van der Waals surface area contributed by atoms with E-state index in [2.05, 4.69) is 5.32 Å². The summed E-state index contributed by atoms with van der Waals surface area (Å²) >= 11 is 5.67. The maximum absolute atomic E-state index is 11.1. The number of nitrogens with one attached hydrogen (secondary N) is 1. The zero-order valence-electron chi connectivity index (χ0n) is 6.41. The lowest BCUT2D eigenvalue weighted by atomic mass is 10.3. The van der Waals surface area contributed by atoms with Crippen molar-refractivity contribution in [2.45, 2.75) is 6.42 Å². The molecule has 5 nitrogen and oxygen atoms in total. The molecule has 1 aliphatic heterocycles. The predicted molar refractivity (Wildman–Crippen MR) is 44.2 cm³/mol. The van der Waals surface area contributed by atoms with Crippen LogP contribution in [0.3, 0.4) is 0 Å². The highest BCUT2D eigenvalue weighted by Gasteiger charge is 2.39. The first-order valence-corrected chi connectivity index (χ1v) is 4.03. The Bertz CT molecular complexity index is 372. The van der Waals surface area contributed by atoms with Gasteiger partial charge in [-0.2, -0.15) is 0 Å². The van der Waals surface area contributed by atoms with Crippen LogP contribution >= 0.6 is 11.6 Å². The molecule has 0 aromatic heterocycles. The van der Waals surface area contributed by atoms with Gasteiger partial charge >= 0.3 is 11.6 Å². The molecule has 0 bridgehead atoms. The minimum atomic E-state index is -0.741. The molecule has 1 atom stereocenters. The maximum atomic E-state index is 11.1. The van der Waals surface area contributed by atoms with Crippen molar-refractivity contribution < 1.29 is 9.72 Å². The second-order valence-electron chi connectivity index (χ2n) is 2.91. The Morgan fingerprint density at radius 1 is 1.69 bits per heavy atom. The first kappa shape index (κ1) is 8.25. The largest absolute Gasteiger partial charge is 0.330 e. The van der Waals surface area contributed by atoms with Crippen LogP contribution in [0.5, 0.6) is 0 Å². The number of nitrogens with zero attached hydrogens (tertiary/aromatic N) is 1. The van der Waals surface area contributed by atoms with E-state index < -0.39 is 16.5 Å². The molecule has 2 aliphatic rings. The van der Waals surface area contributed by atoms with Crippen molar-refractivity contribution >= 4 is 17.5 Å². The van der Waals surface area contributed by atoms with Gasteiger partial charge in [0, 0.05) is 12.0 Å². The molecule has 1 N–H and O–H groups in total. The summed E-state index contributed by atoms with van der Waals surface area (Å²) in [6, 6.07) is 0. The van der Waals surface area contributed by atoms with Crippen molar-refractivity contribution in [3.8, 4) is 0 Å². The van der Waals surface area contributed by atoms with Gasteiger partial charge in [0.05, 0.1) is 4.92 Å². The normalized spacial score (nSPS) is 25.8. The van der Waals surface area contributed by atoms with Gasteiger partial charge in [0.15, 0.2) is 0 Å². The molecule has 2 rings (SSSR count). The average molecular weight is 201 g/mol. The van der Waals surface area contributed by atoms with E-state index in [0.29, 0.717) is 6.42 Å². The Kier molecular flexibility index (Phi) is 1.63. The highest BCUT2D eigenvalue weighted by molar-refractivity contribution is 6.31. The van der Waals surface area contributed by atoms with Crippen molar-refractivity contribution in [1.29, 1.82) is 0 Å². The van der Waals surface area contributed by atoms with Crippen LogP contribution in [0, 0.1) is 16.0 Å². The molecule has 1 amide bonds. The van der Waals surface area contributed by atoms with Gasteiger partial charge in [0.1, 0.15) is 5.16 Å². The van der Waals surface area contributed by atoms with Crippen molar-refractivity contribution in [3.05, 3.63) is 32.6 Å². The van der Waals surface area contributed by atoms with Crippen LogP contribution in [0.4, 0.5) is 0 Å². The molecule has 1 unspecified atom stereocenters. The van der Waals surface area contributed by atoms with Gasteiger partial charge in [0.2, 0.25) is 0 Å². The van der Waals surface area contributed by atoms with E-state index in [4.69, 9.17) is 11.6 Å². The van der Waals surface area contributed by atoms with Crippen LogP contribution in [0.1, 0.15) is 6.42 Å². The SMILES string of the molecule is O=C1NC(Cl)=C2CC2C=C1[N+](=O)[O-]. The lowest BCUT2D eigenvalue weighted by Gasteiger charge is -1.98. The number of hydrogen-bond donors (Lipinski definition) is 1. The van der Waals surface area contributed by atoms with Crippen LogP contribution in [0.25, 0.3) is 0 Å². The van der Waals surface area contributed by atoms with E-state index in [1.807, 2.05) is 0 Å². The van der Waals surface area contributed by atoms with E-state index in [0.717, 1.165) is 5.57 Å². The van der Waals surface area contributed by atoms with Crippen molar-refractivity contribution in [3.63, 3.8) is 0 Å². The third-order valence-corrected chi connectivity index (χ3v) is 2.36. The Morgan fingerprint density at radius 2 is 2.38 bits per heavy atom. The number of fused-ring (bicyclic) bond motifs is 1. The first-order chi connectivity index (χ1) is 6.09. The zero-order valence-corrected chi connectivity index (χ0v) is 7.17. The molecule has 1 aliphatic carbocycles. The first-order valence-electron chi connectivity index (χ1n) is 3.65. The van der Waals surface area contributed by atoms with E-state index >= 15 is 0 Å². The number of carbonyl (C=O) groups excluding carboxylic acids is 1. The number of carbonyl (C=O) groups is 1. The van der Waals surface area contributed by atoms with Crippen molar-refractivity contribution in [1.82, 2.24) is 5.32 Å². The summed E-state index contributed by atoms with van der Waals surface area (Å²) in [7, 11) is 0.